The second-order valence-electron chi connectivity index (χ2n) is 9.83. The number of thiazole rings is 1. The molecule has 8 nitrogen and oxygen atoms in total. The van der Waals surface area contributed by atoms with Crippen molar-refractivity contribution in [1.29, 1.82) is 0 Å². The van der Waals surface area contributed by atoms with E-state index in [0.717, 1.165) is 11.1 Å². The predicted molar refractivity (Wildman–Crippen MR) is 166 cm³/mol. The van der Waals surface area contributed by atoms with E-state index in [0.29, 0.717) is 56.6 Å². The standard InChI is InChI=1S/C34H33FN2O6S/c1-5-40-26-11-9-8-10-25(26)31-30(33(39)42-7-3)21(4)36-34-37(31)32(38)29(44-34)19-23-14-17-27(28(18-23)41-6-2)43-20-22-12-15-24(35)16-13-22/h8-19,31H,5-7,20H2,1-4H3/b29-19-/t31-/m0/s1. The van der Waals surface area contributed by atoms with E-state index in [1.165, 1.54) is 28.0 Å². The number of benzene rings is 3. The molecule has 0 bridgehead atoms. The average molecular weight is 617 g/mol. The molecule has 5 rings (SSSR count). The minimum absolute atomic E-state index is 0.186. The van der Waals surface area contributed by atoms with Crippen LogP contribution in [-0.2, 0) is 16.1 Å². The molecule has 1 aliphatic rings. The lowest BCUT2D eigenvalue weighted by molar-refractivity contribution is -0.139. The molecule has 2 heterocycles. The Bertz CT molecular complexity index is 1880. The third kappa shape index (κ3) is 6.45. The number of carbonyl (C=O) groups is 1. The Morgan fingerprint density at radius 2 is 1.66 bits per heavy atom. The summed E-state index contributed by atoms with van der Waals surface area (Å²) < 4.78 is 38.4. The van der Waals surface area contributed by atoms with Crippen molar-refractivity contribution >= 4 is 23.4 Å². The van der Waals surface area contributed by atoms with Crippen LogP contribution in [0.2, 0.25) is 0 Å². The minimum Gasteiger partial charge on any atom is -0.494 e. The quantitative estimate of drug-likeness (QED) is 0.212. The van der Waals surface area contributed by atoms with Crippen LogP contribution in [0.1, 0.15) is 50.4 Å². The molecule has 0 saturated heterocycles. The monoisotopic (exact) mass is 616 g/mol. The number of allylic oxidation sites excluding steroid dienone is 1. The number of halogens is 1. The van der Waals surface area contributed by atoms with Crippen molar-refractivity contribution in [1.82, 2.24) is 4.57 Å². The van der Waals surface area contributed by atoms with E-state index in [4.69, 9.17) is 18.9 Å². The number of carbonyl (C=O) groups excluding carboxylic acids is 1. The summed E-state index contributed by atoms with van der Waals surface area (Å²) in [5.41, 5.74) is 2.68. The van der Waals surface area contributed by atoms with E-state index >= 15 is 0 Å². The van der Waals surface area contributed by atoms with Crippen LogP contribution in [0.15, 0.2) is 87.8 Å². The molecule has 0 unspecified atom stereocenters. The van der Waals surface area contributed by atoms with Gasteiger partial charge in [-0.3, -0.25) is 9.36 Å². The fourth-order valence-electron chi connectivity index (χ4n) is 4.97. The first-order valence-electron chi connectivity index (χ1n) is 14.4. The Hall–Kier alpha value is -4.70. The lowest BCUT2D eigenvalue weighted by Crippen LogP contribution is -2.40. The lowest BCUT2D eigenvalue weighted by Gasteiger charge is -2.26. The molecule has 10 heteroatoms. The molecule has 3 aromatic carbocycles. The maximum absolute atomic E-state index is 14.0. The summed E-state index contributed by atoms with van der Waals surface area (Å²) in [7, 11) is 0. The van der Waals surface area contributed by atoms with Crippen molar-refractivity contribution in [3.63, 3.8) is 0 Å². The van der Waals surface area contributed by atoms with E-state index < -0.39 is 12.0 Å². The number of ether oxygens (including phenoxy) is 4. The number of para-hydroxylation sites is 1. The Kier molecular flexibility index (Phi) is 9.59. The Morgan fingerprint density at radius 3 is 2.39 bits per heavy atom. The highest BCUT2D eigenvalue weighted by molar-refractivity contribution is 7.07. The number of esters is 1. The summed E-state index contributed by atoms with van der Waals surface area (Å²) >= 11 is 1.24. The van der Waals surface area contributed by atoms with Crippen molar-refractivity contribution < 1.29 is 28.1 Å². The summed E-state index contributed by atoms with van der Waals surface area (Å²) in [6, 6.07) is 18.1. The van der Waals surface area contributed by atoms with Crippen molar-refractivity contribution in [2.24, 2.45) is 4.99 Å². The first-order valence-corrected chi connectivity index (χ1v) is 15.2. The molecule has 44 heavy (non-hydrogen) atoms. The van der Waals surface area contributed by atoms with Crippen molar-refractivity contribution in [3.05, 3.63) is 120 Å². The fraction of sp³-hybridized carbons (Fsp3) is 0.265. The number of rotatable bonds is 11. The van der Waals surface area contributed by atoms with Gasteiger partial charge in [0.15, 0.2) is 16.3 Å². The first kappa shape index (κ1) is 30.7. The average Bonchev–Trinajstić information content (AvgIpc) is 3.31. The zero-order valence-corrected chi connectivity index (χ0v) is 25.8. The molecule has 0 aliphatic carbocycles. The number of hydrogen-bond donors (Lipinski definition) is 0. The Labute approximate surface area is 258 Å². The number of aromatic nitrogens is 1. The molecule has 1 atom stereocenters. The number of hydrogen-bond acceptors (Lipinski definition) is 8. The fourth-order valence-corrected chi connectivity index (χ4v) is 6.02. The zero-order chi connectivity index (χ0) is 31.2. The van der Waals surface area contributed by atoms with Gasteiger partial charge in [-0.1, -0.05) is 47.7 Å². The van der Waals surface area contributed by atoms with Crippen molar-refractivity contribution in [2.75, 3.05) is 19.8 Å². The maximum Gasteiger partial charge on any atom is 0.338 e. The molecule has 4 aromatic rings. The van der Waals surface area contributed by atoms with Crippen molar-refractivity contribution in [2.45, 2.75) is 40.3 Å². The van der Waals surface area contributed by atoms with Gasteiger partial charge in [0, 0.05) is 5.56 Å². The highest BCUT2D eigenvalue weighted by Crippen LogP contribution is 2.36. The highest BCUT2D eigenvalue weighted by Gasteiger charge is 2.35. The summed E-state index contributed by atoms with van der Waals surface area (Å²) in [5, 5.41) is 0. The largest absolute Gasteiger partial charge is 0.494 e. The van der Waals surface area contributed by atoms with E-state index in [1.54, 1.807) is 44.2 Å². The van der Waals surface area contributed by atoms with E-state index in [-0.39, 0.29) is 24.6 Å². The number of fused-ring (bicyclic) bond motifs is 1. The third-order valence-corrected chi connectivity index (χ3v) is 7.89. The van der Waals surface area contributed by atoms with Gasteiger partial charge in [-0.25, -0.2) is 14.2 Å². The molecule has 228 valence electrons. The molecule has 1 aliphatic heterocycles. The van der Waals surface area contributed by atoms with Gasteiger partial charge in [0.05, 0.1) is 35.6 Å². The van der Waals surface area contributed by atoms with Crippen LogP contribution in [0.25, 0.3) is 6.08 Å². The van der Waals surface area contributed by atoms with Crippen LogP contribution < -0.4 is 29.1 Å². The molecular formula is C34H33FN2O6S. The van der Waals surface area contributed by atoms with Crippen LogP contribution in [0, 0.1) is 5.82 Å². The van der Waals surface area contributed by atoms with E-state index in [2.05, 4.69) is 4.99 Å². The molecule has 0 amide bonds. The molecular weight excluding hydrogens is 583 g/mol. The van der Waals surface area contributed by atoms with Gasteiger partial charge in [-0.15, -0.1) is 0 Å². The van der Waals surface area contributed by atoms with Crippen LogP contribution in [0.4, 0.5) is 4.39 Å². The van der Waals surface area contributed by atoms with Gasteiger partial charge < -0.3 is 18.9 Å². The summed E-state index contributed by atoms with van der Waals surface area (Å²) in [4.78, 5) is 32.4. The molecule has 0 fully saturated rings. The second kappa shape index (κ2) is 13.7. The van der Waals surface area contributed by atoms with Gasteiger partial charge in [-0.2, -0.15) is 0 Å². The molecule has 0 N–H and O–H groups in total. The topological polar surface area (TPSA) is 88.4 Å². The lowest BCUT2D eigenvalue weighted by atomic mass is 9.95. The number of nitrogens with zero attached hydrogens (tertiary/aromatic N) is 2. The summed E-state index contributed by atoms with van der Waals surface area (Å²) in [6.45, 7) is 8.49. The van der Waals surface area contributed by atoms with Crippen LogP contribution >= 0.6 is 11.3 Å². The molecule has 1 aromatic heterocycles. The van der Waals surface area contributed by atoms with Crippen LogP contribution in [0.3, 0.4) is 0 Å². The second-order valence-corrected chi connectivity index (χ2v) is 10.8. The SMILES string of the molecule is CCOC(=O)C1=C(C)N=c2s/c(=C\c3ccc(OCc4ccc(F)cc4)c(OCC)c3)c(=O)n2[C@H]1c1ccccc1OCC. The zero-order valence-electron chi connectivity index (χ0n) is 25.0. The molecule has 0 spiro atoms. The van der Waals surface area contributed by atoms with Gasteiger partial charge >= 0.3 is 5.97 Å². The van der Waals surface area contributed by atoms with Gasteiger partial charge in [0.1, 0.15) is 24.2 Å². The minimum atomic E-state index is -0.781. The highest BCUT2D eigenvalue weighted by atomic mass is 32.1. The Balaban J connectivity index is 1.57. The van der Waals surface area contributed by atoms with Crippen molar-refractivity contribution in [3.8, 4) is 17.2 Å². The van der Waals surface area contributed by atoms with Crippen LogP contribution in [-0.4, -0.2) is 30.4 Å². The summed E-state index contributed by atoms with van der Waals surface area (Å²) in [6.07, 6.45) is 1.77. The summed E-state index contributed by atoms with van der Waals surface area (Å²) in [5.74, 6) is 0.771. The first-order chi connectivity index (χ1) is 21.3. The van der Waals surface area contributed by atoms with Gasteiger partial charge in [0.2, 0.25) is 0 Å². The van der Waals surface area contributed by atoms with Gasteiger partial charge in [-0.05, 0) is 75.2 Å². The van der Waals surface area contributed by atoms with Gasteiger partial charge in [0.25, 0.3) is 5.56 Å². The van der Waals surface area contributed by atoms with E-state index in [1.807, 2.05) is 44.2 Å². The normalized spacial score (nSPS) is 14.6. The smallest absolute Gasteiger partial charge is 0.338 e. The molecule has 0 saturated carbocycles. The Morgan fingerprint density at radius 1 is 0.932 bits per heavy atom. The van der Waals surface area contributed by atoms with Crippen LogP contribution in [0.5, 0.6) is 17.2 Å². The third-order valence-electron chi connectivity index (χ3n) is 6.90. The maximum atomic E-state index is 14.0. The van der Waals surface area contributed by atoms with E-state index in [9.17, 15) is 14.0 Å². The molecule has 0 radical (unpaired) electrons. The predicted octanol–water partition coefficient (Wildman–Crippen LogP) is 5.31.